The molecule has 0 unspecified atom stereocenters. The van der Waals surface area contributed by atoms with E-state index in [4.69, 9.17) is 16.3 Å². The lowest BCUT2D eigenvalue weighted by Crippen LogP contribution is -2.42. The maximum absolute atomic E-state index is 11.8. The van der Waals surface area contributed by atoms with Crippen LogP contribution in [0, 0.1) is 10.1 Å². The summed E-state index contributed by atoms with van der Waals surface area (Å²) in [5.74, 6) is -0.147. The van der Waals surface area contributed by atoms with Gasteiger partial charge in [-0.3, -0.25) is 10.1 Å². The fraction of sp³-hybridized carbons (Fsp3) is 0.500. The molecule has 1 aromatic carbocycles. The van der Waals surface area contributed by atoms with E-state index in [0.29, 0.717) is 12.2 Å². The Morgan fingerprint density at radius 2 is 2.05 bits per heavy atom. The molecule has 22 heavy (non-hydrogen) atoms. The summed E-state index contributed by atoms with van der Waals surface area (Å²) in [7, 11) is 1.78. The molecule has 1 rings (SSSR count). The number of rotatable bonds is 4. The predicted molar refractivity (Wildman–Crippen MR) is 86.0 cm³/mol. The monoisotopic (exact) mass is 329 g/mol. The smallest absolute Gasteiger partial charge is 0.403 e. The molecule has 0 saturated carbocycles. The molecule has 0 aliphatic rings. The lowest BCUT2D eigenvalue weighted by atomic mass is 10.1. The summed E-state index contributed by atoms with van der Waals surface area (Å²) in [6.07, 6.45) is -0.761. The second kappa shape index (κ2) is 6.83. The van der Waals surface area contributed by atoms with Gasteiger partial charge in [0.2, 0.25) is 5.75 Å². The van der Waals surface area contributed by atoms with Gasteiger partial charge in [-0.1, -0.05) is 11.6 Å². The van der Waals surface area contributed by atoms with Crippen molar-refractivity contribution in [3.05, 3.63) is 27.3 Å². The molecule has 0 aliphatic heterocycles. The van der Waals surface area contributed by atoms with Gasteiger partial charge in [0.1, 0.15) is 0 Å². The van der Waals surface area contributed by atoms with Crippen molar-refractivity contribution in [3.8, 4) is 5.75 Å². The van der Waals surface area contributed by atoms with Crippen LogP contribution in [-0.2, 0) is 0 Å². The van der Waals surface area contributed by atoms with Gasteiger partial charge in [0, 0.05) is 31.3 Å². The largest absolute Gasteiger partial charge is 0.413 e. The van der Waals surface area contributed by atoms with Gasteiger partial charge in [0.15, 0.2) is 0 Å². The van der Waals surface area contributed by atoms with Gasteiger partial charge in [-0.2, -0.15) is 0 Å². The Bertz CT molecular complexity index is 584. The van der Waals surface area contributed by atoms with Gasteiger partial charge in [0.25, 0.3) is 0 Å². The lowest BCUT2D eigenvalue weighted by molar-refractivity contribution is -0.385. The summed E-state index contributed by atoms with van der Waals surface area (Å²) in [5, 5.41) is 13.9. The highest BCUT2D eigenvalue weighted by atomic mass is 35.5. The molecule has 122 valence electrons. The minimum Gasteiger partial charge on any atom is -0.403 e. The Balaban J connectivity index is 3.20. The van der Waals surface area contributed by atoms with Crippen LogP contribution in [-0.4, -0.2) is 30.1 Å². The van der Waals surface area contributed by atoms with Crippen LogP contribution in [0.2, 0.25) is 5.02 Å². The second-order valence-corrected chi connectivity index (χ2v) is 6.21. The summed E-state index contributed by atoms with van der Waals surface area (Å²) >= 11 is 6.06. The van der Waals surface area contributed by atoms with E-state index in [2.05, 4.69) is 5.32 Å². The highest BCUT2D eigenvalue weighted by molar-refractivity contribution is 6.33. The number of hydrogen-bond donors (Lipinski definition) is 1. The van der Waals surface area contributed by atoms with Crippen molar-refractivity contribution >= 4 is 29.1 Å². The highest BCUT2D eigenvalue weighted by Crippen LogP contribution is 2.37. The summed E-state index contributed by atoms with van der Waals surface area (Å²) in [4.78, 5) is 24.1. The Labute approximate surface area is 134 Å². The molecule has 1 N–H and O–H groups in total. The van der Waals surface area contributed by atoms with Gasteiger partial charge >= 0.3 is 11.8 Å². The predicted octanol–water partition coefficient (Wildman–Crippen LogP) is 3.59. The third kappa shape index (κ3) is 4.77. The number of carbonyl (C=O) groups is 1. The molecule has 7 nitrogen and oxygen atoms in total. The first-order valence-electron chi connectivity index (χ1n) is 6.74. The van der Waals surface area contributed by atoms with Crippen LogP contribution in [0.25, 0.3) is 0 Å². The van der Waals surface area contributed by atoms with E-state index >= 15 is 0 Å². The average molecular weight is 330 g/mol. The van der Waals surface area contributed by atoms with Crippen molar-refractivity contribution in [2.24, 2.45) is 0 Å². The fourth-order valence-electron chi connectivity index (χ4n) is 1.65. The number of ether oxygens (including phenoxy) is 1. The van der Waals surface area contributed by atoms with Gasteiger partial charge in [-0.25, -0.2) is 4.79 Å². The quantitative estimate of drug-likeness (QED) is 0.674. The topological polar surface area (TPSA) is 84.7 Å². The number of nitrogens with one attached hydrogen (secondary N) is 1. The first-order valence-corrected chi connectivity index (χ1v) is 7.12. The van der Waals surface area contributed by atoms with Crippen molar-refractivity contribution < 1.29 is 14.5 Å². The zero-order valence-corrected chi connectivity index (χ0v) is 14.0. The molecule has 8 heteroatoms. The molecule has 0 bridgehead atoms. The first kappa shape index (κ1) is 18.0. The number of amides is 1. The molecule has 0 radical (unpaired) electrons. The normalized spacial score (nSPS) is 11.0. The van der Waals surface area contributed by atoms with Crippen molar-refractivity contribution in [2.45, 2.75) is 33.2 Å². The SMILES string of the molecule is CCN(C)c1cc(OC(=O)NC(C)(C)C)c([N+](=O)[O-])cc1Cl. The second-order valence-electron chi connectivity index (χ2n) is 5.81. The van der Waals surface area contributed by atoms with E-state index in [1.165, 1.54) is 12.1 Å². The Morgan fingerprint density at radius 3 is 2.50 bits per heavy atom. The molecule has 0 aromatic heterocycles. The van der Waals surface area contributed by atoms with E-state index in [-0.39, 0.29) is 16.5 Å². The van der Waals surface area contributed by atoms with E-state index in [0.717, 1.165) is 0 Å². The Kier molecular flexibility index (Phi) is 5.59. The van der Waals surface area contributed by atoms with E-state index < -0.39 is 16.6 Å². The first-order chi connectivity index (χ1) is 10.0. The Morgan fingerprint density at radius 1 is 1.45 bits per heavy atom. The highest BCUT2D eigenvalue weighted by Gasteiger charge is 2.24. The van der Waals surface area contributed by atoms with E-state index in [9.17, 15) is 14.9 Å². The van der Waals surface area contributed by atoms with Crippen LogP contribution < -0.4 is 15.0 Å². The number of benzene rings is 1. The molecular formula is C14H20ClN3O4. The number of nitro groups is 1. The summed E-state index contributed by atoms with van der Waals surface area (Å²) in [6.45, 7) is 7.89. The van der Waals surface area contributed by atoms with Crippen molar-refractivity contribution in [1.29, 1.82) is 0 Å². The molecule has 1 aromatic rings. The lowest BCUT2D eigenvalue weighted by Gasteiger charge is -2.21. The average Bonchev–Trinajstić information content (AvgIpc) is 2.36. The van der Waals surface area contributed by atoms with Crippen LogP contribution >= 0.6 is 11.6 Å². The van der Waals surface area contributed by atoms with Gasteiger partial charge in [-0.05, 0) is 27.7 Å². The third-order valence-corrected chi connectivity index (χ3v) is 3.09. The van der Waals surface area contributed by atoms with E-state index in [1.54, 1.807) is 32.7 Å². The van der Waals surface area contributed by atoms with Crippen molar-refractivity contribution in [3.63, 3.8) is 0 Å². The molecule has 0 spiro atoms. The summed E-state index contributed by atoms with van der Waals surface area (Å²) in [6, 6.07) is 2.58. The number of nitrogens with zero attached hydrogens (tertiary/aromatic N) is 2. The van der Waals surface area contributed by atoms with Gasteiger partial charge in [-0.15, -0.1) is 0 Å². The summed E-state index contributed by atoms with van der Waals surface area (Å²) < 4.78 is 5.10. The van der Waals surface area contributed by atoms with E-state index in [1.807, 2.05) is 6.92 Å². The number of hydrogen-bond acceptors (Lipinski definition) is 5. The third-order valence-electron chi connectivity index (χ3n) is 2.79. The Hall–Kier alpha value is -2.02. The van der Waals surface area contributed by atoms with Crippen molar-refractivity contribution in [1.82, 2.24) is 5.32 Å². The fourth-order valence-corrected chi connectivity index (χ4v) is 1.95. The van der Waals surface area contributed by atoms with Gasteiger partial charge < -0.3 is 15.0 Å². The molecule has 0 aliphatic carbocycles. The number of carbonyl (C=O) groups excluding carboxylic acids is 1. The minimum absolute atomic E-state index is 0.147. The zero-order valence-electron chi connectivity index (χ0n) is 13.3. The van der Waals surface area contributed by atoms with Crippen LogP contribution in [0.1, 0.15) is 27.7 Å². The van der Waals surface area contributed by atoms with Crippen LogP contribution in [0.3, 0.4) is 0 Å². The number of halogens is 1. The molecule has 0 saturated heterocycles. The van der Waals surface area contributed by atoms with Crippen LogP contribution in [0.15, 0.2) is 12.1 Å². The van der Waals surface area contributed by atoms with Crippen LogP contribution in [0.5, 0.6) is 5.75 Å². The maximum atomic E-state index is 11.8. The standard InChI is InChI=1S/C14H20ClN3O4/c1-6-17(5)10-8-12(11(18(20)21)7-9(10)15)22-13(19)16-14(2,3)4/h7-8H,6H2,1-5H3,(H,16,19). The minimum atomic E-state index is -0.761. The van der Waals surface area contributed by atoms with Crippen LogP contribution in [0.4, 0.5) is 16.2 Å². The molecule has 0 fully saturated rings. The van der Waals surface area contributed by atoms with Crippen molar-refractivity contribution in [2.75, 3.05) is 18.5 Å². The molecule has 0 atom stereocenters. The maximum Gasteiger partial charge on any atom is 0.413 e. The van der Waals surface area contributed by atoms with Gasteiger partial charge in [0.05, 0.1) is 15.6 Å². The molecular weight excluding hydrogens is 310 g/mol. The molecule has 0 heterocycles. The molecule has 1 amide bonds. The zero-order chi connectivity index (χ0) is 17.1. The number of anilines is 1. The number of nitro benzene ring substituents is 1. The summed E-state index contributed by atoms with van der Waals surface area (Å²) in [5.41, 5.74) is -0.322.